The predicted molar refractivity (Wildman–Crippen MR) is 159 cm³/mol. The Hall–Kier alpha value is -3.90. The number of benzene rings is 4. The molecule has 0 unspecified atom stereocenters. The molecule has 0 atom stereocenters. The molecule has 38 heavy (non-hydrogen) atoms. The van der Waals surface area contributed by atoms with E-state index in [9.17, 15) is 4.79 Å². The summed E-state index contributed by atoms with van der Waals surface area (Å²) in [6, 6.07) is 34.8. The molecule has 0 bridgehead atoms. The molecular weight excluding hydrogens is 533 g/mol. The molecule has 0 radical (unpaired) electrons. The van der Waals surface area contributed by atoms with Gasteiger partial charge >= 0.3 is 0 Å². The summed E-state index contributed by atoms with van der Waals surface area (Å²) in [5.74, 6) is 0. The van der Waals surface area contributed by atoms with Crippen molar-refractivity contribution in [2.45, 2.75) is 6.92 Å². The van der Waals surface area contributed by atoms with Crippen molar-refractivity contribution in [3.05, 3.63) is 140 Å². The van der Waals surface area contributed by atoms with Gasteiger partial charge in [0, 0.05) is 21.4 Å². The van der Waals surface area contributed by atoms with Crippen LogP contribution in [0.5, 0.6) is 0 Å². The Kier molecular flexibility index (Phi) is 6.28. The number of fused-ring (bicyclic) bond motifs is 1. The minimum absolute atomic E-state index is 0.207. The van der Waals surface area contributed by atoms with Crippen LogP contribution in [-0.4, -0.2) is 13.7 Å². The van der Waals surface area contributed by atoms with Gasteiger partial charge in [-0.3, -0.25) is 18.5 Å². The van der Waals surface area contributed by atoms with Gasteiger partial charge in [0.15, 0.2) is 4.77 Å². The first-order valence-corrected chi connectivity index (χ1v) is 13.2. The number of aromatic nitrogens is 3. The smallest absolute Gasteiger partial charge is 0.268 e. The maximum Gasteiger partial charge on any atom is 0.268 e. The molecule has 0 spiro atoms. The van der Waals surface area contributed by atoms with E-state index in [2.05, 4.69) is 23.6 Å². The van der Waals surface area contributed by atoms with E-state index in [4.69, 9.17) is 35.4 Å². The fourth-order valence-electron chi connectivity index (χ4n) is 4.77. The number of rotatable bonds is 4. The lowest BCUT2D eigenvalue weighted by Crippen LogP contribution is -2.24. The molecular formula is C31H21Cl2N3OS. The maximum absolute atomic E-state index is 14.2. The number of aryl methyl sites for hydroxylation is 1. The second-order valence-electron chi connectivity index (χ2n) is 9.02. The first-order valence-electron chi connectivity index (χ1n) is 12.0. The van der Waals surface area contributed by atoms with E-state index in [0.29, 0.717) is 31.5 Å². The first kappa shape index (κ1) is 24.4. The van der Waals surface area contributed by atoms with E-state index < -0.39 is 0 Å². The van der Waals surface area contributed by atoms with Crippen molar-refractivity contribution in [1.82, 2.24) is 13.7 Å². The summed E-state index contributed by atoms with van der Waals surface area (Å²) in [5.41, 5.74) is 5.80. The summed E-state index contributed by atoms with van der Waals surface area (Å²) in [7, 11) is 0. The van der Waals surface area contributed by atoms with Crippen molar-refractivity contribution in [3.63, 3.8) is 0 Å². The van der Waals surface area contributed by atoms with Crippen LogP contribution in [-0.2, 0) is 0 Å². The quantitative estimate of drug-likeness (QED) is 0.205. The van der Waals surface area contributed by atoms with Gasteiger partial charge in [-0.05, 0) is 97.0 Å². The van der Waals surface area contributed by atoms with E-state index in [-0.39, 0.29) is 5.56 Å². The van der Waals surface area contributed by atoms with Gasteiger partial charge < -0.3 is 0 Å². The molecule has 0 saturated heterocycles. The summed E-state index contributed by atoms with van der Waals surface area (Å²) >= 11 is 18.4. The molecule has 186 valence electrons. The maximum atomic E-state index is 14.2. The standard InChI is InChI=1S/C31H21Cl2N3OS/c1-20-6-5-9-26(18-20)34-28(21-7-3-2-4-8-21)19-27-29(34)35(24-14-10-22(32)11-15-24)31(38)36(30(27)37)25-16-12-23(33)13-17-25/h2-19H,1H3. The van der Waals surface area contributed by atoms with Crippen molar-refractivity contribution in [2.24, 2.45) is 0 Å². The Morgan fingerprint density at radius 1 is 0.632 bits per heavy atom. The van der Waals surface area contributed by atoms with Crippen molar-refractivity contribution >= 4 is 46.5 Å². The molecule has 0 saturated carbocycles. The zero-order chi connectivity index (χ0) is 26.4. The van der Waals surface area contributed by atoms with Gasteiger partial charge in [-0.25, -0.2) is 0 Å². The average Bonchev–Trinajstić information content (AvgIpc) is 3.32. The third-order valence-electron chi connectivity index (χ3n) is 6.50. The number of hydrogen-bond acceptors (Lipinski definition) is 2. The highest BCUT2D eigenvalue weighted by atomic mass is 35.5. The molecule has 4 nitrogen and oxygen atoms in total. The molecule has 0 amide bonds. The highest BCUT2D eigenvalue weighted by Gasteiger charge is 2.22. The van der Waals surface area contributed by atoms with Gasteiger partial charge in [-0.2, -0.15) is 0 Å². The zero-order valence-corrected chi connectivity index (χ0v) is 22.6. The summed E-state index contributed by atoms with van der Waals surface area (Å²) in [5, 5.41) is 1.72. The molecule has 0 aliphatic carbocycles. The third kappa shape index (κ3) is 4.19. The van der Waals surface area contributed by atoms with Crippen LogP contribution >= 0.6 is 35.4 Å². The topological polar surface area (TPSA) is 31.9 Å². The van der Waals surface area contributed by atoms with Crippen LogP contribution in [0.15, 0.2) is 114 Å². The Morgan fingerprint density at radius 3 is 1.84 bits per heavy atom. The minimum Gasteiger partial charge on any atom is -0.295 e. The Labute approximate surface area is 234 Å². The lowest BCUT2D eigenvalue weighted by molar-refractivity contribution is 0.858. The summed E-state index contributed by atoms with van der Waals surface area (Å²) < 4.78 is 5.93. The van der Waals surface area contributed by atoms with Crippen LogP contribution < -0.4 is 5.56 Å². The summed E-state index contributed by atoms with van der Waals surface area (Å²) in [6.07, 6.45) is 0. The first-order chi connectivity index (χ1) is 18.4. The van der Waals surface area contributed by atoms with Crippen molar-refractivity contribution in [1.29, 1.82) is 0 Å². The van der Waals surface area contributed by atoms with Gasteiger partial charge in [-0.15, -0.1) is 0 Å². The second kappa shape index (κ2) is 9.76. The molecule has 0 fully saturated rings. The fraction of sp³-hybridized carbons (Fsp3) is 0.0323. The fourth-order valence-corrected chi connectivity index (χ4v) is 5.40. The number of hydrogen-bond donors (Lipinski definition) is 0. The molecule has 7 heteroatoms. The van der Waals surface area contributed by atoms with E-state index in [1.165, 1.54) is 0 Å². The molecule has 6 aromatic rings. The van der Waals surface area contributed by atoms with Gasteiger partial charge in [-0.1, -0.05) is 65.7 Å². The van der Waals surface area contributed by atoms with Gasteiger partial charge in [0.2, 0.25) is 0 Å². The molecule has 4 aromatic carbocycles. The lowest BCUT2D eigenvalue weighted by Gasteiger charge is -2.18. The summed E-state index contributed by atoms with van der Waals surface area (Å²) in [4.78, 5) is 14.2. The lowest BCUT2D eigenvalue weighted by atomic mass is 10.1. The number of halogens is 2. The van der Waals surface area contributed by atoms with Crippen molar-refractivity contribution in [3.8, 4) is 28.3 Å². The summed E-state index contributed by atoms with van der Waals surface area (Å²) in [6.45, 7) is 2.05. The predicted octanol–water partition coefficient (Wildman–Crippen LogP) is 8.58. The molecule has 0 aliphatic heterocycles. The molecule has 2 heterocycles. The van der Waals surface area contributed by atoms with Crippen LogP contribution in [0.4, 0.5) is 0 Å². The average molecular weight is 555 g/mol. The van der Waals surface area contributed by atoms with Gasteiger partial charge in [0.25, 0.3) is 5.56 Å². The van der Waals surface area contributed by atoms with E-state index in [1.54, 1.807) is 28.8 Å². The van der Waals surface area contributed by atoms with Crippen LogP contribution in [0.1, 0.15) is 5.56 Å². The Bertz CT molecular complexity index is 1920. The van der Waals surface area contributed by atoms with E-state index in [1.807, 2.05) is 77.4 Å². The zero-order valence-electron chi connectivity index (χ0n) is 20.3. The van der Waals surface area contributed by atoms with Crippen LogP contribution in [0.25, 0.3) is 39.4 Å². The van der Waals surface area contributed by atoms with Gasteiger partial charge in [0.1, 0.15) is 5.65 Å². The largest absolute Gasteiger partial charge is 0.295 e. The van der Waals surface area contributed by atoms with Crippen molar-refractivity contribution in [2.75, 3.05) is 0 Å². The SMILES string of the molecule is Cc1cccc(-n2c(-c3ccccc3)cc3c(=O)n(-c4ccc(Cl)cc4)c(=S)n(-c4ccc(Cl)cc4)c32)c1. The molecule has 2 aromatic heterocycles. The van der Waals surface area contributed by atoms with Crippen LogP contribution in [0.2, 0.25) is 10.0 Å². The Morgan fingerprint density at radius 2 is 1.24 bits per heavy atom. The molecule has 0 aliphatic rings. The molecule has 0 N–H and O–H groups in total. The third-order valence-corrected chi connectivity index (χ3v) is 7.37. The van der Waals surface area contributed by atoms with E-state index in [0.717, 1.165) is 28.2 Å². The van der Waals surface area contributed by atoms with E-state index >= 15 is 0 Å². The Balaban J connectivity index is 1.83. The molecule has 6 rings (SSSR count). The normalized spacial score (nSPS) is 11.2. The highest BCUT2D eigenvalue weighted by molar-refractivity contribution is 7.71. The van der Waals surface area contributed by atoms with Crippen LogP contribution in [0.3, 0.4) is 0 Å². The number of nitrogens with zero attached hydrogens (tertiary/aromatic N) is 3. The minimum atomic E-state index is -0.207. The second-order valence-corrected chi connectivity index (χ2v) is 10.3. The van der Waals surface area contributed by atoms with Crippen LogP contribution in [0, 0.1) is 11.7 Å². The van der Waals surface area contributed by atoms with Crippen molar-refractivity contribution < 1.29 is 0 Å². The monoisotopic (exact) mass is 553 g/mol. The van der Waals surface area contributed by atoms with Gasteiger partial charge in [0.05, 0.1) is 16.8 Å². The highest BCUT2D eigenvalue weighted by Crippen LogP contribution is 2.33.